The summed E-state index contributed by atoms with van der Waals surface area (Å²) in [5.41, 5.74) is 5.24. The fourth-order valence-corrected chi connectivity index (χ4v) is 2.66. The Bertz CT molecular complexity index is 857. The number of fused-ring (bicyclic) bond motifs is 1. The van der Waals surface area contributed by atoms with Crippen molar-refractivity contribution < 1.29 is 0 Å². The summed E-state index contributed by atoms with van der Waals surface area (Å²) < 4.78 is 1.67. The van der Waals surface area contributed by atoms with E-state index in [4.69, 9.17) is 16.9 Å². The summed E-state index contributed by atoms with van der Waals surface area (Å²) in [7, 11) is 0. The maximum Gasteiger partial charge on any atom is 0.157 e. The van der Waals surface area contributed by atoms with Crippen molar-refractivity contribution in [2.45, 2.75) is 20.3 Å². The fourth-order valence-electron chi connectivity index (χ4n) is 2.33. The largest absolute Gasteiger partial charge is 0.233 e. The molecule has 5 heteroatoms. The molecule has 0 saturated heterocycles. The number of nitriles is 1. The first-order chi connectivity index (χ1) is 10.1. The van der Waals surface area contributed by atoms with E-state index in [0.717, 1.165) is 28.2 Å². The monoisotopic (exact) mass is 296 g/mol. The zero-order valence-corrected chi connectivity index (χ0v) is 12.5. The van der Waals surface area contributed by atoms with E-state index < -0.39 is 0 Å². The van der Waals surface area contributed by atoms with Crippen molar-refractivity contribution in [3.8, 4) is 6.07 Å². The van der Waals surface area contributed by atoms with Gasteiger partial charge < -0.3 is 0 Å². The molecule has 0 aliphatic carbocycles. The minimum atomic E-state index is 0.593. The standard InChI is InChI=1S/C16H13ClN4/c1-10-7-15-19-11(2)14(16(17)21(15)20-10)8-12-3-5-13(9-18)6-4-12/h3-7H,8H2,1-2H3. The van der Waals surface area contributed by atoms with E-state index in [2.05, 4.69) is 16.2 Å². The van der Waals surface area contributed by atoms with Gasteiger partial charge in [-0.15, -0.1) is 0 Å². The number of aromatic nitrogens is 3. The third kappa shape index (κ3) is 2.48. The molecule has 0 bridgehead atoms. The van der Waals surface area contributed by atoms with Gasteiger partial charge in [0.1, 0.15) is 5.15 Å². The lowest BCUT2D eigenvalue weighted by molar-refractivity contribution is 0.887. The molecule has 4 nitrogen and oxygen atoms in total. The average Bonchev–Trinajstić information content (AvgIpc) is 2.85. The summed E-state index contributed by atoms with van der Waals surface area (Å²) in [6.45, 7) is 3.87. The van der Waals surface area contributed by atoms with Crippen molar-refractivity contribution in [2.24, 2.45) is 0 Å². The highest BCUT2D eigenvalue weighted by molar-refractivity contribution is 6.30. The van der Waals surface area contributed by atoms with Gasteiger partial charge in [0, 0.05) is 23.7 Å². The number of nitrogens with zero attached hydrogens (tertiary/aromatic N) is 4. The van der Waals surface area contributed by atoms with Crippen LogP contribution < -0.4 is 0 Å². The van der Waals surface area contributed by atoms with Gasteiger partial charge in [-0.25, -0.2) is 9.50 Å². The maximum absolute atomic E-state index is 8.83. The van der Waals surface area contributed by atoms with Gasteiger partial charge >= 0.3 is 0 Å². The molecule has 2 aromatic heterocycles. The molecule has 0 saturated carbocycles. The molecule has 0 unspecified atom stereocenters. The topological polar surface area (TPSA) is 54.0 Å². The Morgan fingerprint density at radius 3 is 2.62 bits per heavy atom. The van der Waals surface area contributed by atoms with Crippen LogP contribution in [0.2, 0.25) is 5.15 Å². The van der Waals surface area contributed by atoms with Crippen LogP contribution in [0.5, 0.6) is 0 Å². The second kappa shape index (κ2) is 5.19. The molecule has 104 valence electrons. The molecule has 21 heavy (non-hydrogen) atoms. The highest BCUT2D eigenvalue weighted by Gasteiger charge is 2.13. The summed E-state index contributed by atoms with van der Waals surface area (Å²) in [4.78, 5) is 4.55. The van der Waals surface area contributed by atoms with Gasteiger partial charge in [-0.1, -0.05) is 23.7 Å². The average molecular weight is 297 g/mol. The number of benzene rings is 1. The van der Waals surface area contributed by atoms with Crippen LogP contribution in [0.1, 0.15) is 28.1 Å². The van der Waals surface area contributed by atoms with Crippen molar-refractivity contribution in [2.75, 3.05) is 0 Å². The van der Waals surface area contributed by atoms with Gasteiger partial charge in [0.15, 0.2) is 5.65 Å². The van der Waals surface area contributed by atoms with E-state index in [1.165, 1.54) is 0 Å². The third-order valence-electron chi connectivity index (χ3n) is 3.43. The van der Waals surface area contributed by atoms with E-state index >= 15 is 0 Å². The first kappa shape index (κ1) is 13.6. The van der Waals surface area contributed by atoms with Gasteiger partial charge in [-0.05, 0) is 31.5 Å². The second-order valence-electron chi connectivity index (χ2n) is 5.01. The molecule has 2 heterocycles. The Hall–Kier alpha value is -2.38. The second-order valence-corrected chi connectivity index (χ2v) is 5.37. The zero-order valence-electron chi connectivity index (χ0n) is 11.8. The summed E-state index contributed by atoms with van der Waals surface area (Å²) in [6.07, 6.45) is 0.665. The predicted molar refractivity (Wildman–Crippen MR) is 81.4 cm³/mol. The summed E-state index contributed by atoms with van der Waals surface area (Å²) in [6, 6.07) is 11.5. The molecule has 0 radical (unpaired) electrons. The highest BCUT2D eigenvalue weighted by Crippen LogP contribution is 2.23. The number of rotatable bonds is 2. The molecule has 1 aromatic carbocycles. The van der Waals surface area contributed by atoms with E-state index in [-0.39, 0.29) is 0 Å². The smallest absolute Gasteiger partial charge is 0.157 e. The molecule has 0 atom stereocenters. The van der Waals surface area contributed by atoms with Crippen molar-refractivity contribution in [3.05, 3.63) is 63.6 Å². The maximum atomic E-state index is 8.83. The fraction of sp³-hybridized carbons (Fsp3) is 0.188. The highest BCUT2D eigenvalue weighted by atomic mass is 35.5. The summed E-state index contributed by atoms with van der Waals surface area (Å²) in [5.74, 6) is 0. The first-order valence-corrected chi connectivity index (χ1v) is 6.96. The molecule has 0 amide bonds. The van der Waals surface area contributed by atoms with Crippen LogP contribution in [0.3, 0.4) is 0 Å². The van der Waals surface area contributed by atoms with Crippen LogP contribution in [-0.2, 0) is 6.42 Å². The molecule has 0 spiro atoms. The van der Waals surface area contributed by atoms with Crippen LogP contribution in [0, 0.1) is 25.2 Å². The Kier molecular flexibility index (Phi) is 3.36. The predicted octanol–water partition coefficient (Wildman–Crippen LogP) is 3.46. The summed E-state index contributed by atoms with van der Waals surface area (Å²) in [5, 5.41) is 13.8. The lowest BCUT2D eigenvalue weighted by Gasteiger charge is -2.09. The quantitative estimate of drug-likeness (QED) is 0.681. The normalized spacial score (nSPS) is 10.8. The van der Waals surface area contributed by atoms with Crippen LogP contribution in [-0.4, -0.2) is 14.6 Å². The van der Waals surface area contributed by atoms with E-state index in [0.29, 0.717) is 17.1 Å². The number of hydrogen-bond acceptors (Lipinski definition) is 3. The Balaban J connectivity index is 2.05. The van der Waals surface area contributed by atoms with Crippen LogP contribution in [0.4, 0.5) is 0 Å². The molecule has 0 fully saturated rings. The van der Waals surface area contributed by atoms with Crippen LogP contribution in [0.25, 0.3) is 5.65 Å². The van der Waals surface area contributed by atoms with Crippen molar-refractivity contribution in [1.29, 1.82) is 5.26 Å². The van der Waals surface area contributed by atoms with Crippen LogP contribution >= 0.6 is 11.6 Å². The molecule has 0 N–H and O–H groups in total. The number of halogens is 1. The van der Waals surface area contributed by atoms with Crippen molar-refractivity contribution in [3.63, 3.8) is 0 Å². The van der Waals surface area contributed by atoms with Gasteiger partial charge in [-0.2, -0.15) is 10.4 Å². The Morgan fingerprint density at radius 2 is 1.95 bits per heavy atom. The van der Waals surface area contributed by atoms with E-state index in [9.17, 15) is 0 Å². The van der Waals surface area contributed by atoms with E-state index in [1.54, 1.807) is 4.52 Å². The van der Waals surface area contributed by atoms with E-state index in [1.807, 2.05) is 44.2 Å². The molecule has 0 aliphatic rings. The van der Waals surface area contributed by atoms with Crippen LogP contribution in [0.15, 0.2) is 30.3 Å². The lowest BCUT2D eigenvalue weighted by Crippen LogP contribution is -2.03. The first-order valence-electron chi connectivity index (χ1n) is 6.59. The van der Waals surface area contributed by atoms with Gasteiger partial charge in [0.2, 0.25) is 0 Å². The van der Waals surface area contributed by atoms with Crippen molar-refractivity contribution >= 4 is 17.2 Å². The molecule has 0 aliphatic heterocycles. The van der Waals surface area contributed by atoms with Crippen molar-refractivity contribution in [1.82, 2.24) is 14.6 Å². The summed E-state index contributed by atoms with van der Waals surface area (Å²) >= 11 is 6.48. The van der Waals surface area contributed by atoms with Gasteiger partial charge in [-0.3, -0.25) is 0 Å². The molecule has 3 aromatic rings. The zero-order chi connectivity index (χ0) is 15.0. The molecular weight excluding hydrogens is 284 g/mol. The molecular formula is C16H13ClN4. The third-order valence-corrected chi connectivity index (χ3v) is 3.82. The van der Waals surface area contributed by atoms with Gasteiger partial charge in [0.25, 0.3) is 0 Å². The Morgan fingerprint density at radius 1 is 1.24 bits per heavy atom. The number of hydrogen-bond donors (Lipinski definition) is 0. The lowest BCUT2D eigenvalue weighted by atomic mass is 10.0. The minimum absolute atomic E-state index is 0.593. The SMILES string of the molecule is Cc1cc2nc(C)c(Cc3ccc(C#N)cc3)c(Cl)n2n1. The number of aryl methyl sites for hydroxylation is 2. The van der Waals surface area contributed by atoms with Gasteiger partial charge in [0.05, 0.1) is 17.3 Å². The minimum Gasteiger partial charge on any atom is -0.233 e. The Labute approximate surface area is 127 Å². The molecule has 3 rings (SSSR count).